The van der Waals surface area contributed by atoms with Crippen LogP contribution >= 0.6 is 0 Å². The zero-order valence-corrected chi connectivity index (χ0v) is 10.5. The van der Waals surface area contributed by atoms with E-state index < -0.39 is 4.92 Å². The number of aliphatic hydroxyl groups excluding tert-OH is 1. The molecule has 1 N–H and O–H groups in total. The third-order valence-corrected chi connectivity index (χ3v) is 2.59. The highest BCUT2D eigenvalue weighted by atomic mass is 16.6. The van der Waals surface area contributed by atoms with Crippen molar-refractivity contribution in [3.63, 3.8) is 0 Å². The van der Waals surface area contributed by atoms with E-state index in [1.165, 1.54) is 18.2 Å². The lowest BCUT2D eigenvalue weighted by molar-refractivity contribution is -0.385. The first-order valence-corrected chi connectivity index (χ1v) is 6.11. The molecule has 1 aromatic rings. The summed E-state index contributed by atoms with van der Waals surface area (Å²) in [6, 6.07) is 6.01. The van der Waals surface area contributed by atoms with Crippen LogP contribution in [0.3, 0.4) is 0 Å². The average Bonchev–Trinajstić information content (AvgIpc) is 2.42. The molecule has 6 heteroatoms. The Bertz CT molecular complexity index is 468. The predicted octanol–water partition coefficient (Wildman–Crippen LogP) is 2.40. The van der Waals surface area contributed by atoms with Gasteiger partial charge in [0.2, 0.25) is 0 Å². The van der Waals surface area contributed by atoms with Gasteiger partial charge in [0.05, 0.1) is 23.2 Å². The van der Waals surface area contributed by atoms with Gasteiger partial charge in [-0.2, -0.15) is 5.26 Å². The second-order valence-electron chi connectivity index (χ2n) is 4.04. The largest absolute Gasteiger partial charge is 0.487 e. The first kappa shape index (κ1) is 14.9. The van der Waals surface area contributed by atoms with E-state index >= 15 is 0 Å². The molecule has 0 fully saturated rings. The molecule has 0 aliphatic heterocycles. The second kappa shape index (κ2) is 8.06. The Kier molecular flexibility index (Phi) is 6.33. The number of hydrogen-bond acceptors (Lipinski definition) is 5. The highest BCUT2D eigenvalue weighted by Crippen LogP contribution is 2.27. The minimum absolute atomic E-state index is 0.182. The summed E-state index contributed by atoms with van der Waals surface area (Å²) in [5, 5.41) is 28.2. The van der Waals surface area contributed by atoms with Crippen LogP contribution in [0.15, 0.2) is 18.2 Å². The smallest absolute Gasteiger partial charge is 0.312 e. The lowest BCUT2D eigenvalue weighted by Gasteiger charge is -2.06. The van der Waals surface area contributed by atoms with Crippen molar-refractivity contribution in [2.24, 2.45) is 0 Å². The van der Waals surface area contributed by atoms with Gasteiger partial charge < -0.3 is 9.84 Å². The van der Waals surface area contributed by atoms with Crippen LogP contribution in [0, 0.1) is 21.4 Å². The number of unbranched alkanes of at least 4 members (excludes halogenated alkanes) is 3. The van der Waals surface area contributed by atoms with Gasteiger partial charge in [-0.1, -0.05) is 6.42 Å². The van der Waals surface area contributed by atoms with Crippen molar-refractivity contribution < 1.29 is 14.8 Å². The van der Waals surface area contributed by atoms with Gasteiger partial charge in [-0.05, 0) is 31.4 Å². The second-order valence-corrected chi connectivity index (χ2v) is 4.04. The van der Waals surface area contributed by atoms with Crippen molar-refractivity contribution in [1.29, 1.82) is 5.26 Å². The number of benzene rings is 1. The van der Waals surface area contributed by atoms with Crippen LogP contribution in [0.2, 0.25) is 0 Å². The number of rotatable bonds is 8. The van der Waals surface area contributed by atoms with E-state index in [9.17, 15) is 10.1 Å². The van der Waals surface area contributed by atoms with E-state index in [0.29, 0.717) is 6.61 Å². The van der Waals surface area contributed by atoms with E-state index in [2.05, 4.69) is 0 Å². The molecule has 1 rings (SSSR count). The van der Waals surface area contributed by atoms with Crippen molar-refractivity contribution in [3.8, 4) is 11.8 Å². The van der Waals surface area contributed by atoms with Crippen LogP contribution in [0.4, 0.5) is 5.69 Å². The summed E-state index contributed by atoms with van der Waals surface area (Å²) < 4.78 is 5.36. The van der Waals surface area contributed by atoms with Crippen molar-refractivity contribution in [1.82, 2.24) is 0 Å². The molecule has 0 heterocycles. The van der Waals surface area contributed by atoms with Crippen LogP contribution in [0.5, 0.6) is 5.75 Å². The maximum Gasteiger partial charge on any atom is 0.312 e. The molecule has 0 saturated carbocycles. The Morgan fingerprint density at radius 2 is 2.05 bits per heavy atom. The average molecular weight is 264 g/mol. The van der Waals surface area contributed by atoms with Gasteiger partial charge in [0.25, 0.3) is 0 Å². The third-order valence-electron chi connectivity index (χ3n) is 2.59. The standard InChI is InChI=1S/C13H16N2O4/c14-10-11-5-6-13(12(9-11)15(17)18)19-8-4-2-1-3-7-16/h5-6,9,16H,1-4,7-8H2. The molecule has 0 spiro atoms. The van der Waals surface area contributed by atoms with Crippen LogP contribution in [0.1, 0.15) is 31.2 Å². The zero-order valence-electron chi connectivity index (χ0n) is 10.5. The van der Waals surface area contributed by atoms with Crippen LogP contribution in [-0.2, 0) is 0 Å². The Hall–Kier alpha value is -2.13. The molecule has 0 aliphatic rings. The maximum atomic E-state index is 10.9. The van der Waals surface area contributed by atoms with Crippen LogP contribution in [-0.4, -0.2) is 23.2 Å². The molecule has 0 unspecified atom stereocenters. The molecule has 0 saturated heterocycles. The van der Waals surface area contributed by atoms with E-state index in [1.807, 2.05) is 6.07 Å². The lowest BCUT2D eigenvalue weighted by Crippen LogP contribution is -2.01. The molecular weight excluding hydrogens is 248 g/mol. The van der Waals surface area contributed by atoms with E-state index in [-0.39, 0.29) is 23.6 Å². The number of hydrogen-bond donors (Lipinski definition) is 1. The molecule has 0 aromatic heterocycles. The first-order valence-electron chi connectivity index (χ1n) is 6.11. The Morgan fingerprint density at radius 1 is 1.32 bits per heavy atom. The molecule has 0 atom stereocenters. The van der Waals surface area contributed by atoms with E-state index in [0.717, 1.165) is 25.7 Å². The van der Waals surface area contributed by atoms with Crippen molar-refractivity contribution in [3.05, 3.63) is 33.9 Å². The molecular formula is C13H16N2O4. The van der Waals surface area contributed by atoms with Gasteiger partial charge in [0.1, 0.15) is 0 Å². The first-order chi connectivity index (χ1) is 9.19. The Morgan fingerprint density at radius 3 is 2.68 bits per heavy atom. The Balaban J connectivity index is 2.53. The summed E-state index contributed by atoms with van der Waals surface area (Å²) in [7, 11) is 0. The minimum Gasteiger partial charge on any atom is -0.487 e. The summed E-state index contributed by atoms with van der Waals surface area (Å²) >= 11 is 0. The zero-order chi connectivity index (χ0) is 14.1. The summed E-state index contributed by atoms with van der Waals surface area (Å²) in [5.41, 5.74) is 0.0522. The van der Waals surface area contributed by atoms with Gasteiger partial charge in [-0.15, -0.1) is 0 Å². The van der Waals surface area contributed by atoms with E-state index in [1.54, 1.807) is 0 Å². The molecule has 0 radical (unpaired) electrons. The van der Waals surface area contributed by atoms with Crippen molar-refractivity contribution in [2.45, 2.75) is 25.7 Å². The number of nitro groups is 1. The molecule has 1 aromatic carbocycles. The highest BCUT2D eigenvalue weighted by molar-refractivity contribution is 5.51. The van der Waals surface area contributed by atoms with Crippen LogP contribution in [0.25, 0.3) is 0 Å². The summed E-state index contributed by atoms with van der Waals surface area (Å²) in [6.45, 7) is 0.570. The quantitative estimate of drug-likeness (QED) is 0.441. The number of nitro benzene ring substituents is 1. The van der Waals surface area contributed by atoms with Crippen LogP contribution < -0.4 is 4.74 Å². The van der Waals surface area contributed by atoms with Gasteiger partial charge in [-0.3, -0.25) is 10.1 Å². The van der Waals surface area contributed by atoms with Gasteiger partial charge in [0, 0.05) is 12.7 Å². The molecule has 19 heavy (non-hydrogen) atoms. The lowest BCUT2D eigenvalue weighted by atomic mass is 10.2. The SMILES string of the molecule is N#Cc1ccc(OCCCCCCO)c([N+](=O)[O-])c1. The van der Waals surface area contributed by atoms with Gasteiger partial charge >= 0.3 is 5.69 Å². The molecule has 102 valence electrons. The number of nitrogens with zero attached hydrogens (tertiary/aromatic N) is 2. The fraction of sp³-hybridized carbons (Fsp3) is 0.462. The maximum absolute atomic E-state index is 10.9. The number of ether oxygens (including phenoxy) is 1. The number of aliphatic hydroxyl groups is 1. The normalized spacial score (nSPS) is 9.89. The van der Waals surface area contributed by atoms with E-state index in [4.69, 9.17) is 15.1 Å². The minimum atomic E-state index is -0.554. The monoisotopic (exact) mass is 264 g/mol. The molecule has 6 nitrogen and oxygen atoms in total. The third kappa shape index (κ3) is 4.94. The predicted molar refractivity (Wildman–Crippen MR) is 68.9 cm³/mol. The highest BCUT2D eigenvalue weighted by Gasteiger charge is 2.15. The number of nitriles is 1. The Labute approximate surface area is 111 Å². The van der Waals surface area contributed by atoms with Gasteiger partial charge in [-0.25, -0.2) is 0 Å². The fourth-order valence-corrected chi connectivity index (χ4v) is 1.60. The summed E-state index contributed by atoms with van der Waals surface area (Å²) in [4.78, 5) is 10.3. The van der Waals surface area contributed by atoms with Crippen molar-refractivity contribution >= 4 is 5.69 Å². The van der Waals surface area contributed by atoms with Crippen molar-refractivity contribution in [2.75, 3.05) is 13.2 Å². The molecule has 0 bridgehead atoms. The van der Waals surface area contributed by atoms with Gasteiger partial charge in [0.15, 0.2) is 5.75 Å². The topological polar surface area (TPSA) is 96.4 Å². The molecule has 0 amide bonds. The summed E-state index contributed by atoms with van der Waals surface area (Å²) in [6.07, 6.45) is 3.36. The fourth-order valence-electron chi connectivity index (χ4n) is 1.60. The summed E-state index contributed by atoms with van der Waals surface area (Å²) in [5.74, 6) is 0.186. The molecule has 0 aliphatic carbocycles.